The Morgan fingerprint density at radius 1 is 1.14 bits per heavy atom. The highest BCUT2D eigenvalue weighted by atomic mass is 35.5. The molecule has 1 fully saturated rings. The zero-order chi connectivity index (χ0) is 19.7. The van der Waals surface area contributed by atoms with Crippen molar-refractivity contribution in [3.8, 4) is 5.69 Å². The van der Waals surface area contributed by atoms with Crippen molar-refractivity contribution in [1.29, 1.82) is 0 Å². The van der Waals surface area contributed by atoms with Gasteiger partial charge in [-0.25, -0.2) is 4.68 Å². The smallest absolute Gasteiger partial charge is 0.277 e. The number of benzene rings is 1. The number of piperidine rings is 1. The van der Waals surface area contributed by atoms with Gasteiger partial charge in [0.2, 0.25) is 0 Å². The molecule has 0 aliphatic carbocycles. The van der Waals surface area contributed by atoms with Crippen LogP contribution >= 0.6 is 12.4 Å². The SMILES string of the molecule is Cc1cc(C)cc(-n2nc(NC(=O)c3ccn(C4CCCNC4)n3)cc2C)c1.Cl. The van der Waals surface area contributed by atoms with Gasteiger partial charge in [0.25, 0.3) is 5.91 Å². The molecule has 1 saturated heterocycles. The maximum atomic E-state index is 12.6. The van der Waals surface area contributed by atoms with Gasteiger partial charge >= 0.3 is 0 Å². The molecule has 7 nitrogen and oxygen atoms in total. The van der Waals surface area contributed by atoms with E-state index in [1.165, 1.54) is 11.1 Å². The third-order valence-corrected chi connectivity index (χ3v) is 5.07. The van der Waals surface area contributed by atoms with Gasteiger partial charge < -0.3 is 10.6 Å². The van der Waals surface area contributed by atoms with E-state index in [0.717, 1.165) is 37.3 Å². The lowest BCUT2D eigenvalue weighted by atomic mass is 10.1. The molecule has 8 heteroatoms. The normalized spacial score (nSPS) is 16.3. The Morgan fingerprint density at radius 2 is 1.90 bits per heavy atom. The molecule has 1 atom stereocenters. The summed E-state index contributed by atoms with van der Waals surface area (Å²) in [4.78, 5) is 12.6. The number of hydrogen-bond donors (Lipinski definition) is 2. The second kappa shape index (κ2) is 8.80. The number of hydrogen-bond acceptors (Lipinski definition) is 4. The van der Waals surface area contributed by atoms with Gasteiger partial charge in [0.15, 0.2) is 11.5 Å². The van der Waals surface area contributed by atoms with Crippen LogP contribution in [0.2, 0.25) is 0 Å². The number of nitrogens with zero attached hydrogens (tertiary/aromatic N) is 4. The maximum absolute atomic E-state index is 12.6. The van der Waals surface area contributed by atoms with Crippen LogP contribution in [-0.4, -0.2) is 38.6 Å². The number of aromatic nitrogens is 4. The molecule has 0 spiro atoms. The molecule has 0 radical (unpaired) electrons. The largest absolute Gasteiger partial charge is 0.315 e. The molecule has 2 N–H and O–H groups in total. The Kier molecular flexibility index (Phi) is 6.39. The number of nitrogens with one attached hydrogen (secondary N) is 2. The molecule has 2 aromatic heterocycles. The van der Waals surface area contributed by atoms with Gasteiger partial charge in [-0.1, -0.05) is 6.07 Å². The van der Waals surface area contributed by atoms with E-state index in [9.17, 15) is 4.79 Å². The van der Waals surface area contributed by atoms with E-state index in [1.807, 2.05) is 28.6 Å². The first-order valence-corrected chi connectivity index (χ1v) is 9.72. The van der Waals surface area contributed by atoms with E-state index in [0.29, 0.717) is 17.6 Å². The molecule has 1 amide bonds. The van der Waals surface area contributed by atoms with Crippen LogP contribution in [0.1, 0.15) is 46.2 Å². The average molecular weight is 415 g/mol. The summed E-state index contributed by atoms with van der Waals surface area (Å²) >= 11 is 0. The summed E-state index contributed by atoms with van der Waals surface area (Å²) in [5.41, 5.74) is 4.71. The molecule has 154 valence electrons. The van der Waals surface area contributed by atoms with Crippen molar-refractivity contribution in [3.63, 3.8) is 0 Å². The van der Waals surface area contributed by atoms with Crippen molar-refractivity contribution < 1.29 is 4.79 Å². The monoisotopic (exact) mass is 414 g/mol. The molecule has 3 heterocycles. The van der Waals surface area contributed by atoms with Gasteiger partial charge in [-0.3, -0.25) is 9.48 Å². The first kappa shape index (κ1) is 21.1. The Morgan fingerprint density at radius 3 is 2.59 bits per heavy atom. The summed E-state index contributed by atoms with van der Waals surface area (Å²) in [6.45, 7) is 8.05. The van der Waals surface area contributed by atoms with Crippen molar-refractivity contribution in [1.82, 2.24) is 24.9 Å². The minimum atomic E-state index is -0.243. The number of halogens is 1. The van der Waals surface area contributed by atoms with Gasteiger partial charge in [-0.15, -0.1) is 17.5 Å². The Labute approximate surface area is 176 Å². The summed E-state index contributed by atoms with van der Waals surface area (Å²) in [6.07, 6.45) is 4.09. The van der Waals surface area contributed by atoms with Crippen LogP contribution in [0.5, 0.6) is 0 Å². The molecule has 0 saturated carbocycles. The van der Waals surface area contributed by atoms with Crippen LogP contribution in [-0.2, 0) is 0 Å². The number of anilines is 1. The second-order valence-corrected chi connectivity index (χ2v) is 7.56. The van der Waals surface area contributed by atoms with Crippen LogP contribution < -0.4 is 10.6 Å². The number of amides is 1. The Bertz CT molecular complexity index is 982. The highest BCUT2D eigenvalue weighted by Gasteiger charge is 2.18. The van der Waals surface area contributed by atoms with E-state index < -0.39 is 0 Å². The maximum Gasteiger partial charge on any atom is 0.277 e. The quantitative estimate of drug-likeness (QED) is 0.683. The van der Waals surface area contributed by atoms with Crippen molar-refractivity contribution >= 4 is 24.1 Å². The lowest BCUT2D eigenvalue weighted by Gasteiger charge is -2.22. The van der Waals surface area contributed by atoms with Crippen LogP contribution in [0.15, 0.2) is 36.5 Å². The summed E-state index contributed by atoms with van der Waals surface area (Å²) in [6, 6.07) is 10.2. The second-order valence-electron chi connectivity index (χ2n) is 7.56. The van der Waals surface area contributed by atoms with Crippen molar-refractivity contribution in [2.75, 3.05) is 18.4 Å². The van der Waals surface area contributed by atoms with Crippen LogP contribution in [0.25, 0.3) is 5.69 Å². The van der Waals surface area contributed by atoms with Gasteiger partial charge in [0.05, 0.1) is 11.7 Å². The zero-order valence-corrected chi connectivity index (χ0v) is 17.8. The van der Waals surface area contributed by atoms with Crippen molar-refractivity contribution in [2.24, 2.45) is 0 Å². The molecule has 1 unspecified atom stereocenters. The Hall–Kier alpha value is -2.64. The highest BCUT2D eigenvalue weighted by Crippen LogP contribution is 2.19. The minimum Gasteiger partial charge on any atom is -0.315 e. The van der Waals surface area contributed by atoms with Crippen molar-refractivity contribution in [3.05, 3.63) is 59.0 Å². The van der Waals surface area contributed by atoms with E-state index in [-0.39, 0.29) is 18.3 Å². The van der Waals surface area contributed by atoms with Crippen LogP contribution in [0.4, 0.5) is 5.82 Å². The molecule has 4 rings (SSSR count). The van der Waals surface area contributed by atoms with Crippen LogP contribution in [0.3, 0.4) is 0 Å². The van der Waals surface area contributed by atoms with E-state index in [2.05, 4.69) is 52.9 Å². The molecule has 0 bridgehead atoms. The third-order valence-electron chi connectivity index (χ3n) is 5.07. The minimum absolute atomic E-state index is 0. The van der Waals surface area contributed by atoms with Gasteiger partial charge in [0.1, 0.15) is 0 Å². The fourth-order valence-corrected chi connectivity index (χ4v) is 3.77. The summed E-state index contributed by atoms with van der Waals surface area (Å²) < 4.78 is 3.74. The predicted molar refractivity (Wildman–Crippen MR) is 116 cm³/mol. The third kappa shape index (κ3) is 4.68. The molecule has 1 aliphatic heterocycles. The fraction of sp³-hybridized carbons (Fsp3) is 0.381. The number of aryl methyl sites for hydroxylation is 3. The van der Waals surface area contributed by atoms with E-state index in [1.54, 1.807) is 6.07 Å². The number of carbonyl (C=O) groups excluding carboxylic acids is 1. The lowest BCUT2D eigenvalue weighted by Crippen LogP contribution is -2.32. The number of rotatable bonds is 4. The van der Waals surface area contributed by atoms with E-state index >= 15 is 0 Å². The molecular weight excluding hydrogens is 388 g/mol. The fourth-order valence-electron chi connectivity index (χ4n) is 3.77. The van der Waals surface area contributed by atoms with Gasteiger partial charge in [-0.05, 0) is 69.5 Å². The standard InChI is InChI=1S/C21H26N6O.ClH/c1-14-9-15(2)11-18(10-14)27-16(3)12-20(25-27)23-21(28)19-6-8-26(24-19)17-5-4-7-22-13-17;/h6,8-12,17,22H,4-5,7,13H2,1-3H3,(H,23,25,28);1H. The Balaban J connectivity index is 0.00000240. The first-order valence-electron chi connectivity index (χ1n) is 9.72. The van der Waals surface area contributed by atoms with Crippen LogP contribution in [0, 0.1) is 20.8 Å². The predicted octanol–water partition coefficient (Wildman–Crippen LogP) is 3.59. The summed E-state index contributed by atoms with van der Waals surface area (Å²) in [7, 11) is 0. The van der Waals surface area contributed by atoms with Gasteiger partial charge in [-0.2, -0.15) is 5.10 Å². The topological polar surface area (TPSA) is 76.8 Å². The van der Waals surface area contributed by atoms with E-state index in [4.69, 9.17) is 0 Å². The van der Waals surface area contributed by atoms with Crippen molar-refractivity contribution in [2.45, 2.75) is 39.7 Å². The molecular formula is C21H27ClN6O. The van der Waals surface area contributed by atoms with Gasteiger partial charge in [0, 0.05) is 24.5 Å². The molecule has 1 aliphatic rings. The lowest BCUT2D eigenvalue weighted by molar-refractivity contribution is 0.102. The number of carbonyl (C=O) groups is 1. The molecule has 3 aromatic rings. The molecule has 29 heavy (non-hydrogen) atoms. The highest BCUT2D eigenvalue weighted by molar-refractivity contribution is 6.02. The summed E-state index contributed by atoms with van der Waals surface area (Å²) in [5, 5.41) is 15.3. The summed E-state index contributed by atoms with van der Waals surface area (Å²) in [5.74, 6) is 0.281. The first-order chi connectivity index (χ1) is 13.5. The molecule has 1 aromatic carbocycles. The average Bonchev–Trinajstić information content (AvgIpc) is 3.29. The zero-order valence-electron chi connectivity index (χ0n) is 17.0.